The highest BCUT2D eigenvalue weighted by molar-refractivity contribution is 7.92. The molecule has 2 amide bonds. The van der Waals surface area contributed by atoms with Gasteiger partial charge in [0.1, 0.15) is 25.8 Å². The summed E-state index contributed by atoms with van der Waals surface area (Å²) in [5.41, 5.74) is 1.31. The lowest BCUT2D eigenvalue weighted by atomic mass is 10.1. The molecule has 10 heteroatoms. The summed E-state index contributed by atoms with van der Waals surface area (Å²) >= 11 is 0. The molecule has 1 atom stereocenters. The quantitative estimate of drug-likeness (QED) is 0.452. The van der Waals surface area contributed by atoms with Gasteiger partial charge in [-0.1, -0.05) is 51.1 Å². The predicted octanol–water partition coefficient (Wildman–Crippen LogP) is 2.85. The normalized spacial score (nSPS) is 13.6. The Balaban J connectivity index is 1.88. The number of ether oxygens (including phenoxy) is 2. The van der Waals surface area contributed by atoms with Crippen molar-refractivity contribution >= 4 is 27.5 Å². The van der Waals surface area contributed by atoms with Gasteiger partial charge in [0, 0.05) is 19.2 Å². The van der Waals surface area contributed by atoms with Crippen molar-refractivity contribution < 1.29 is 27.5 Å². The number of carbonyl (C=O) groups is 2. The van der Waals surface area contributed by atoms with Gasteiger partial charge < -0.3 is 19.7 Å². The first-order valence-electron chi connectivity index (χ1n) is 12.6. The molecule has 2 aromatic rings. The number of nitrogens with zero attached hydrogens (tertiary/aromatic N) is 2. The Hall–Kier alpha value is -3.27. The van der Waals surface area contributed by atoms with Gasteiger partial charge in [-0.2, -0.15) is 0 Å². The van der Waals surface area contributed by atoms with Crippen molar-refractivity contribution in [3.8, 4) is 11.5 Å². The van der Waals surface area contributed by atoms with Gasteiger partial charge in [0.15, 0.2) is 11.5 Å². The molecule has 202 valence electrons. The smallest absolute Gasteiger partial charge is 0.244 e. The number of nitrogens with one attached hydrogen (secondary N) is 1. The Morgan fingerprint density at radius 3 is 2.32 bits per heavy atom. The molecule has 1 N–H and O–H groups in total. The number of benzene rings is 2. The van der Waals surface area contributed by atoms with Crippen LogP contribution < -0.4 is 19.1 Å². The lowest BCUT2D eigenvalue weighted by Crippen LogP contribution is -2.53. The van der Waals surface area contributed by atoms with Gasteiger partial charge in [-0.3, -0.25) is 13.9 Å². The van der Waals surface area contributed by atoms with E-state index in [1.165, 1.54) is 4.90 Å². The summed E-state index contributed by atoms with van der Waals surface area (Å²) in [6.45, 7) is 6.92. The summed E-state index contributed by atoms with van der Waals surface area (Å²) in [5.74, 6) is 0.494. The summed E-state index contributed by atoms with van der Waals surface area (Å²) in [5, 5.41) is 2.92. The lowest BCUT2D eigenvalue weighted by Gasteiger charge is -2.33. The molecule has 0 fully saturated rings. The maximum absolute atomic E-state index is 13.7. The van der Waals surface area contributed by atoms with Gasteiger partial charge in [0.2, 0.25) is 21.8 Å². The lowest BCUT2D eigenvalue weighted by molar-refractivity contribution is -0.139. The zero-order chi connectivity index (χ0) is 27.0. The van der Waals surface area contributed by atoms with E-state index in [0.29, 0.717) is 49.8 Å². The number of anilines is 1. The summed E-state index contributed by atoms with van der Waals surface area (Å²) in [6.07, 6.45) is 1.98. The molecule has 9 nitrogen and oxygen atoms in total. The number of hydrogen-bond acceptors (Lipinski definition) is 6. The van der Waals surface area contributed by atoms with Crippen LogP contribution in [0.5, 0.6) is 11.5 Å². The average molecular weight is 532 g/mol. The Labute approximate surface area is 219 Å². The molecule has 0 aromatic heterocycles. The van der Waals surface area contributed by atoms with Crippen LogP contribution >= 0.6 is 0 Å². The molecule has 0 spiro atoms. The number of fused-ring (bicyclic) bond motifs is 1. The van der Waals surface area contributed by atoms with Crippen LogP contribution in [0.2, 0.25) is 0 Å². The minimum Gasteiger partial charge on any atom is -0.486 e. The van der Waals surface area contributed by atoms with E-state index < -0.39 is 28.5 Å². The van der Waals surface area contributed by atoms with Crippen LogP contribution in [0.4, 0.5) is 5.69 Å². The predicted molar refractivity (Wildman–Crippen MR) is 143 cm³/mol. The number of rotatable bonds is 12. The number of amides is 2. The first-order chi connectivity index (χ1) is 17.6. The van der Waals surface area contributed by atoms with Gasteiger partial charge in [0.05, 0.1) is 11.9 Å². The zero-order valence-electron chi connectivity index (χ0n) is 22.0. The third kappa shape index (κ3) is 7.85. The van der Waals surface area contributed by atoms with Crippen molar-refractivity contribution in [2.75, 3.05) is 43.4 Å². The second-order valence-corrected chi connectivity index (χ2v) is 11.4. The summed E-state index contributed by atoms with van der Waals surface area (Å²) in [6, 6.07) is 13.7. The molecule has 0 saturated heterocycles. The van der Waals surface area contributed by atoms with Crippen LogP contribution in [-0.2, 0) is 26.0 Å². The van der Waals surface area contributed by atoms with Crippen LogP contribution in [0.15, 0.2) is 48.5 Å². The SMILES string of the molecule is CCC(C(=O)NCC(C)C)N(CCc1ccccc1)C(=O)CN(c1ccc2c(c1)OCCO2)S(C)(=O)=O. The van der Waals surface area contributed by atoms with Gasteiger partial charge >= 0.3 is 0 Å². The summed E-state index contributed by atoms with van der Waals surface area (Å²) < 4.78 is 37.8. The van der Waals surface area contributed by atoms with Crippen LogP contribution in [0.1, 0.15) is 32.8 Å². The third-order valence-corrected chi connectivity index (χ3v) is 7.19. The highest BCUT2D eigenvalue weighted by atomic mass is 32.2. The average Bonchev–Trinajstić information content (AvgIpc) is 2.87. The van der Waals surface area contributed by atoms with Crippen molar-refractivity contribution in [2.24, 2.45) is 5.92 Å². The van der Waals surface area contributed by atoms with E-state index in [9.17, 15) is 18.0 Å². The Bertz CT molecular complexity index is 1170. The fraction of sp³-hybridized carbons (Fsp3) is 0.481. The molecule has 37 heavy (non-hydrogen) atoms. The topological polar surface area (TPSA) is 105 Å². The molecule has 1 heterocycles. The molecule has 1 unspecified atom stereocenters. The van der Waals surface area contributed by atoms with Crippen LogP contribution in [-0.4, -0.2) is 70.3 Å². The van der Waals surface area contributed by atoms with E-state index >= 15 is 0 Å². The second kappa shape index (κ2) is 12.8. The fourth-order valence-corrected chi connectivity index (χ4v) is 4.96. The van der Waals surface area contributed by atoms with Crippen molar-refractivity contribution in [2.45, 2.75) is 39.7 Å². The highest BCUT2D eigenvalue weighted by Crippen LogP contribution is 2.34. The molecule has 3 rings (SSSR count). The van der Waals surface area contributed by atoms with Gasteiger partial charge in [-0.25, -0.2) is 8.42 Å². The molecule has 0 radical (unpaired) electrons. The van der Waals surface area contributed by atoms with Gasteiger partial charge in [0.25, 0.3) is 0 Å². The molecule has 0 aliphatic carbocycles. The van der Waals surface area contributed by atoms with Gasteiger partial charge in [-0.05, 0) is 36.5 Å². The second-order valence-electron chi connectivity index (χ2n) is 9.48. The fourth-order valence-electron chi connectivity index (χ4n) is 4.12. The van der Waals surface area contributed by atoms with Crippen molar-refractivity contribution in [3.63, 3.8) is 0 Å². The van der Waals surface area contributed by atoms with E-state index in [1.54, 1.807) is 18.2 Å². The van der Waals surface area contributed by atoms with E-state index in [4.69, 9.17) is 9.47 Å². The molecule has 0 bridgehead atoms. The van der Waals surface area contributed by atoms with Crippen LogP contribution in [0.25, 0.3) is 0 Å². The molecule has 1 aliphatic heterocycles. The van der Waals surface area contributed by atoms with Gasteiger partial charge in [-0.15, -0.1) is 0 Å². The number of carbonyl (C=O) groups excluding carboxylic acids is 2. The highest BCUT2D eigenvalue weighted by Gasteiger charge is 2.32. The molecule has 1 aliphatic rings. The maximum Gasteiger partial charge on any atom is 0.244 e. The van der Waals surface area contributed by atoms with Crippen LogP contribution in [0.3, 0.4) is 0 Å². The van der Waals surface area contributed by atoms with Crippen LogP contribution in [0, 0.1) is 5.92 Å². The minimum atomic E-state index is -3.83. The standard InChI is InChI=1S/C27H37N3O6S/c1-5-23(27(32)28-18-20(2)3)29(14-13-21-9-7-6-8-10-21)26(31)19-30(37(4,33)34)22-11-12-24-25(17-22)36-16-15-35-24/h6-12,17,20,23H,5,13-16,18-19H2,1-4H3,(H,28,32). The largest absolute Gasteiger partial charge is 0.486 e. The third-order valence-electron chi connectivity index (χ3n) is 6.05. The van der Waals surface area contributed by atoms with E-state index in [0.717, 1.165) is 16.1 Å². The first kappa shape index (κ1) is 28.3. The van der Waals surface area contributed by atoms with E-state index in [2.05, 4.69) is 5.32 Å². The van der Waals surface area contributed by atoms with Crippen molar-refractivity contribution in [1.82, 2.24) is 10.2 Å². The maximum atomic E-state index is 13.7. The Morgan fingerprint density at radius 2 is 1.70 bits per heavy atom. The number of hydrogen-bond donors (Lipinski definition) is 1. The molecular formula is C27H37N3O6S. The molecular weight excluding hydrogens is 494 g/mol. The summed E-state index contributed by atoms with van der Waals surface area (Å²) in [7, 11) is -3.83. The van der Waals surface area contributed by atoms with Crippen molar-refractivity contribution in [1.29, 1.82) is 0 Å². The Morgan fingerprint density at radius 1 is 1.03 bits per heavy atom. The summed E-state index contributed by atoms with van der Waals surface area (Å²) in [4.78, 5) is 28.3. The monoisotopic (exact) mass is 531 g/mol. The molecule has 0 saturated carbocycles. The number of sulfonamides is 1. The zero-order valence-corrected chi connectivity index (χ0v) is 22.8. The van der Waals surface area contributed by atoms with E-state index in [1.807, 2.05) is 51.1 Å². The van der Waals surface area contributed by atoms with E-state index in [-0.39, 0.29) is 18.4 Å². The molecule has 2 aromatic carbocycles. The minimum absolute atomic E-state index is 0.247. The Kier molecular flexibility index (Phi) is 9.79. The first-order valence-corrected chi connectivity index (χ1v) is 14.4. The van der Waals surface area contributed by atoms with Crippen molar-refractivity contribution in [3.05, 3.63) is 54.1 Å².